The molecule has 0 aromatic heterocycles. The molecule has 0 spiro atoms. The van der Waals surface area contributed by atoms with Crippen LogP contribution in [0.3, 0.4) is 0 Å². The van der Waals surface area contributed by atoms with E-state index in [4.69, 9.17) is 4.74 Å². The molecule has 27 heavy (non-hydrogen) atoms. The second-order valence-electron chi connectivity index (χ2n) is 6.23. The van der Waals surface area contributed by atoms with Gasteiger partial charge in [-0.15, -0.1) is 0 Å². The van der Waals surface area contributed by atoms with E-state index in [-0.39, 0.29) is 12.5 Å². The van der Waals surface area contributed by atoms with Crippen LogP contribution in [0.2, 0.25) is 0 Å². The van der Waals surface area contributed by atoms with Gasteiger partial charge < -0.3 is 10.1 Å². The van der Waals surface area contributed by atoms with Gasteiger partial charge in [0.2, 0.25) is 0 Å². The highest BCUT2D eigenvalue weighted by atomic mass is 16.5. The van der Waals surface area contributed by atoms with Crippen LogP contribution in [0.5, 0.6) is 5.75 Å². The van der Waals surface area contributed by atoms with Crippen LogP contribution in [0.1, 0.15) is 45.1 Å². The zero-order valence-electron chi connectivity index (χ0n) is 16.2. The van der Waals surface area contributed by atoms with Gasteiger partial charge in [-0.2, -0.15) is 5.10 Å². The average Bonchev–Trinajstić information content (AvgIpc) is 2.71. The van der Waals surface area contributed by atoms with Crippen molar-refractivity contribution < 1.29 is 9.53 Å². The van der Waals surface area contributed by atoms with Crippen molar-refractivity contribution in [2.24, 2.45) is 5.10 Å². The van der Waals surface area contributed by atoms with Crippen molar-refractivity contribution in [3.8, 4) is 5.75 Å². The minimum absolute atomic E-state index is 0.161. The maximum atomic E-state index is 12.1. The lowest BCUT2D eigenvalue weighted by Gasteiger charge is -2.09. The fraction of sp³-hybridized carbons (Fsp3) is 0.364. The molecular weight excluding hydrogens is 338 g/mol. The average molecular weight is 367 g/mol. The van der Waals surface area contributed by atoms with Crippen LogP contribution in [0.4, 0.5) is 5.69 Å². The summed E-state index contributed by atoms with van der Waals surface area (Å²) in [5.74, 6) is 0.643. The third kappa shape index (κ3) is 7.52. The summed E-state index contributed by atoms with van der Waals surface area (Å²) in [6, 6.07) is 17.5. The summed E-state index contributed by atoms with van der Waals surface area (Å²) in [6.45, 7) is 4.92. The van der Waals surface area contributed by atoms with Crippen LogP contribution in [-0.4, -0.2) is 24.8 Å². The predicted octanol–water partition coefficient (Wildman–Crippen LogP) is 4.60. The van der Waals surface area contributed by atoms with Crippen molar-refractivity contribution in [2.75, 3.05) is 18.5 Å². The number of anilines is 1. The molecule has 2 aromatic rings. The van der Waals surface area contributed by atoms with E-state index in [9.17, 15) is 4.79 Å². The van der Waals surface area contributed by atoms with Gasteiger partial charge in [0.15, 0.2) is 0 Å². The van der Waals surface area contributed by atoms with Gasteiger partial charge in [-0.05, 0) is 49.6 Å². The highest BCUT2D eigenvalue weighted by Crippen LogP contribution is 2.15. The number of hydrazone groups is 1. The summed E-state index contributed by atoms with van der Waals surface area (Å²) >= 11 is 0. The Morgan fingerprint density at radius 3 is 2.41 bits per heavy atom. The number of nitrogens with one attached hydrogen (secondary N) is 2. The number of carbonyl (C=O) groups excluding carboxylic acids is 1. The lowest BCUT2D eigenvalue weighted by Crippen LogP contribution is -2.27. The summed E-state index contributed by atoms with van der Waals surface area (Å²) in [6.07, 6.45) is 4.22. The molecule has 0 aliphatic heterocycles. The smallest absolute Gasteiger partial charge is 0.259 e. The first-order valence-corrected chi connectivity index (χ1v) is 9.60. The van der Waals surface area contributed by atoms with Crippen LogP contribution in [0.25, 0.3) is 0 Å². The Kier molecular flexibility index (Phi) is 8.90. The van der Waals surface area contributed by atoms with Crippen LogP contribution < -0.4 is 15.5 Å². The second-order valence-corrected chi connectivity index (χ2v) is 6.23. The van der Waals surface area contributed by atoms with Crippen LogP contribution >= 0.6 is 0 Å². The predicted molar refractivity (Wildman–Crippen MR) is 111 cm³/mol. The minimum Gasteiger partial charge on any atom is -0.494 e. The summed E-state index contributed by atoms with van der Waals surface area (Å²) in [7, 11) is 0. The van der Waals surface area contributed by atoms with Crippen molar-refractivity contribution >= 4 is 17.3 Å². The van der Waals surface area contributed by atoms with E-state index in [0.717, 1.165) is 48.4 Å². The summed E-state index contributed by atoms with van der Waals surface area (Å²) < 4.78 is 5.41. The van der Waals surface area contributed by atoms with Crippen molar-refractivity contribution in [1.82, 2.24) is 5.43 Å². The quantitative estimate of drug-likeness (QED) is 0.347. The zero-order chi connectivity index (χ0) is 19.3. The first-order valence-electron chi connectivity index (χ1n) is 9.60. The van der Waals surface area contributed by atoms with Gasteiger partial charge in [-0.25, -0.2) is 5.43 Å². The number of unbranched alkanes of at least 4 members (excludes halogenated alkanes) is 2. The van der Waals surface area contributed by atoms with E-state index in [1.807, 2.05) is 61.5 Å². The highest BCUT2D eigenvalue weighted by molar-refractivity contribution is 6.01. The van der Waals surface area contributed by atoms with Crippen LogP contribution in [-0.2, 0) is 4.79 Å². The molecule has 0 atom stereocenters. The van der Waals surface area contributed by atoms with Crippen molar-refractivity contribution in [3.63, 3.8) is 0 Å². The molecule has 0 heterocycles. The summed E-state index contributed by atoms with van der Waals surface area (Å²) in [5, 5.41) is 7.47. The number of rotatable bonds is 11. The fourth-order valence-corrected chi connectivity index (χ4v) is 2.63. The van der Waals surface area contributed by atoms with E-state index in [1.165, 1.54) is 0 Å². The number of nitrogens with zero attached hydrogens (tertiary/aromatic N) is 1. The molecule has 0 radical (unpaired) electrons. The zero-order valence-corrected chi connectivity index (χ0v) is 16.2. The van der Waals surface area contributed by atoms with Gasteiger partial charge in [-0.3, -0.25) is 4.79 Å². The molecule has 0 unspecified atom stereocenters. The topological polar surface area (TPSA) is 62.7 Å². The lowest BCUT2D eigenvalue weighted by molar-refractivity contribution is -0.119. The third-order valence-electron chi connectivity index (χ3n) is 4.06. The molecule has 1 amide bonds. The van der Waals surface area contributed by atoms with E-state index in [1.54, 1.807) is 0 Å². The number of benzene rings is 2. The van der Waals surface area contributed by atoms with Crippen molar-refractivity contribution in [2.45, 2.75) is 39.5 Å². The molecule has 2 aromatic carbocycles. The fourth-order valence-electron chi connectivity index (χ4n) is 2.63. The Morgan fingerprint density at radius 2 is 1.74 bits per heavy atom. The van der Waals surface area contributed by atoms with Gasteiger partial charge in [0.1, 0.15) is 5.75 Å². The number of amides is 1. The number of carbonyl (C=O) groups is 1. The third-order valence-corrected chi connectivity index (χ3v) is 4.06. The van der Waals surface area contributed by atoms with Crippen LogP contribution in [0, 0.1) is 0 Å². The Balaban J connectivity index is 1.89. The van der Waals surface area contributed by atoms with Crippen molar-refractivity contribution in [1.29, 1.82) is 0 Å². The Morgan fingerprint density at radius 1 is 1.00 bits per heavy atom. The molecule has 0 bridgehead atoms. The molecule has 5 nitrogen and oxygen atoms in total. The molecule has 144 valence electrons. The first kappa shape index (κ1) is 20.5. The number of ether oxygens (including phenoxy) is 1. The Labute approximate surface area is 161 Å². The highest BCUT2D eigenvalue weighted by Gasteiger charge is 2.05. The molecule has 2 N–H and O–H groups in total. The van der Waals surface area contributed by atoms with E-state index in [2.05, 4.69) is 22.8 Å². The van der Waals surface area contributed by atoms with Gasteiger partial charge >= 0.3 is 0 Å². The molecular formula is C22H29N3O2. The molecule has 0 aliphatic rings. The summed E-state index contributed by atoms with van der Waals surface area (Å²) in [5.41, 5.74) is 5.50. The summed E-state index contributed by atoms with van der Waals surface area (Å²) in [4.78, 5) is 12.1. The van der Waals surface area contributed by atoms with Gasteiger partial charge in [0.25, 0.3) is 5.91 Å². The van der Waals surface area contributed by atoms with E-state index >= 15 is 0 Å². The SMILES string of the molecule is CCCCC/C(=N\NC(=O)CNc1ccc(OCC)cc1)c1ccccc1. The van der Waals surface area contributed by atoms with Gasteiger partial charge in [-0.1, -0.05) is 50.1 Å². The maximum Gasteiger partial charge on any atom is 0.259 e. The Bertz CT molecular complexity index is 712. The normalized spacial score (nSPS) is 11.1. The Hall–Kier alpha value is -2.82. The molecule has 0 saturated heterocycles. The van der Waals surface area contributed by atoms with E-state index in [0.29, 0.717) is 6.61 Å². The first-order chi connectivity index (χ1) is 13.2. The lowest BCUT2D eigenvalue weighted by atomic mass is 10.0. The maximum absolute atomic E-state index is 12.1. The van der Waals surface area contributed by atoms with E-state index < -0.39 is 0 Å². The second kappa shape index (κ2) is 11.7. The van der Waals surface area contributed by atoms with Gasteiger partial charge in [0, 0.05) is 5.69 Å². The molecule has 0 aliphatic carbocycles. The largest absolute Gasteiger partial charge is 0.494 e. The van der Waals surface area contributed by atoms with Gasteiger partial charge in [0.05, 0.1) is 18.9 Å². The van der Waals surface area contributed by atoms with Crippen LogP contribution in [0.15, 0.2) is 59.7 Å². The molecule has 0 fully saturated rings. The standard InChI is InChI=1S/C22H29N3O2/c1-3-5-7-12-21(18-10-8-6-9-11-18)24-25-22(26)17-23-19-13-15-20(16-14-19)27-4-2/h6,8-11,13-16,23H,3-5,7,12,17H2,1-2H3,(H,25,26)/b24-21+. The number of hydrogen-bond acceptors (Lipinski definition) is 4. The van der Waals surface area contributed by atoms with Crippen molar-refractivity contribution in [3.05, 3.63) is 60.2 Å². The molecule has 0 saturated carbocycles. The number of hydrogen-bond donors (Lipinski definition) is 2. The monoisotopic (exact) mass is 367 g/mol. The molecule has 2 rings (SSSR count). The minimum atomic E-state index is -0.173. The molecule has 5 heteroatoms.